The van der Waals surface area contributed by atoms with E-state index < -0.39 is 0 Å². The highest BCUT2D eigenvalue weighted by Crippen LogP contribution is 2.32. The van der Waals surface area contributed by atoms with Crippen LogP contribution in [-0.4, -0.2) is 11.7 Å². The van der Waals surface area contributed by atoms with Gasteiger partial charge in [-0.2, -0.15) is 0 Å². The highest BCUT2D eigenvalue weighted by molar-refractivity contribution is 6.21. The van der Waals surface area contributed by atoms with E-state index in [1.165, 1.54) is 0 Å². The van der Waals surface area contributed by atoms with Crippen LogP contribution in [0.3, 0.4) is 0 Å². The van der Waals surface area contributed by atoms with Crippen LogP contribution in [0.15, 0.2) is 12.7 Å². The van der Waals surface area contributed by atoms with Crippen molar-refractivity contribution in [3.8, 4) is 0 Å². The lowest BCUT2D eigenvalue weighted by atomic mass is 10.0. The minimum Gasteiger partial charge on any atom is -0.352 e. The van der Waals surface area contributed by atoms with E-state index in [1.54, 1.807) is 0 Å². The zero-order chi connectivity index (χ0) is 7.56. The third-order valence-electron chi connectivity index (χ3n) is 1.91. The Kier molecular flexibility index (Phi) is 2.75. The van der Waals surface area contributed by atoms with Crippen LogP contribution in [0, 0.1) is 5.92 Å². The van der Waals surface area contributed by atoms with Crippen LogP contribution in [0.2, 0.25) is 0 Å². The van der Waals surface area contributed by atoms with Gasteiger partial charge in [-0.05, 0) is 18.8 Å². The summed E-state index contributed by atoms with van der Waals surface area (Å²) in [5.41, 5.74) is -0.0194. The maximum Gasteiger partial charge on any atom is 0.157 e. The lowest BCUT2D eigenvalue weighted by Crippen LogP contribution is -1.99. The van der Waals surface area contributed by atoms with Crippen molar-refractivity contribution in [1.82, 2.24) is 0 Å². The average molecular weight is 161 g/mol. The summed E-state index contributed by atoms with van der Waals surface area (Å²) in [6.45, 7) is 5.89. The van der Waals surface area contributed by atoms with Crippen LogP contribution in [-0.2, 0) is 4.74 Å². The zero-order valence-electron chi connectivity index (χ0n) is 6.22. The molecule has 0 spiro atoms. The Morgan fingerprint density at radius 1 is 1.80 bits per heavy atom. The first-order valence-electron chi connectivity index (χ1n) is 3.70. The molecule has 10 heavy (non-hydrogen) atoms. The highest BCUT2D eigenvalue weighted by Gasteiger charge is 2.37. The Balaban J connectivity index is 2.16. The normalized spacial score (nSPS) is 33.4. The fraction of sp³-hybridized carbons (Fsp3) is 0.750. The van der Waals surface area contributed by atoms with Crippen LogP contribution in [0.4, 0.5) is 0 Å². The smallest absolute Gasteiger partial charge is 0.157 e. The molecule has 0 saturated carbocycles. The van der Waals surface area contributed by atoms with Gasteiger partial charge >= 0.3 is 0 Å². The van der Waals surface area contributed by atoms with Crippen molar-refractivity contribution >= 4 is 11.6 Å². The number of hydrogen-bond donors (Lipinski definition) is 0. The van der Waals surface area contributed by atoms with Gasteiger partial charge in [-0.15, -0.1) is 6.58 Å². The molecule has 1 aliphatic rings. The van der Waals surface area contributed by atoms with E-state index in [9.17, 15) is 0 Å². The maximum atomic E-state index is 5.65. The first kappa shape index (κ1) is 8.09. The number of alkyl halides is 1. The van der Waals surface area contributed by atoms with E-state index in [0.29, 0.717) is 12.0 Å². The summed E-state index contributed by atoms with van der Waals surface area (Å²) in [5, 5.41) is 0. The first-order chi connectivity index (χ1) is 4.77. The predicted octanol–water partition coefficient (Wildman–Crippen LogP) is 2.55. The molecule has 58 valence electrons. The molecule has 1 heterocycles. The van der Waals surface area contributed by atoms with Gasteiger partial charge in [-0.25, -0.2) is 0 Å². The van der Waals surface area contributed by atoms with Gasteiger partial charge < -0.3 is 4.74 Å². The molecule has 1 nitrogen and oxygen atoms in total. The Bertz CT molecular complexity index is 124. The van der Waals surface area contributed by atoms with Gasteiger partial charge in [0, 0.05) is 0 Å². The molecular formula is C8H13ClO. The fourth-order valence-corrected chi connectivity index (χ4v) is 1.25. The van der Waals surface area contributed by atoms with Crippen molar-refractivity contribution < 1.29 is 4.74 Å². The van der Waals surface area contributed by atoms with E-state index >= 15 is 0 Å². The van der Waals surface area contributed by atoms with Gasteiger partial charge in [0.05, 0.1) is 0 Å². The molecule has 0 aromatic heterocycles. The summed E-state index contributed by atoms with van der Waals surface area (Å²) in [4.78, 5) is 0. The van der Waals surface area contributed by atoms with Crippen molar-refractivity contribution in [1.29, 1.82) is 0 Å². The third-order valence-corrected chi connectivity index (χ3v) is 2.30. The lowest BCUT2D eigenvalue weighted by Gasteiger charge is -2.04. The second kappa shape index (κ2) is 3.40. The molecule has 0 aromatic carbocycles. The van der Waals surface area contributed by atoms with Crippen LogP contribution < -0.4 is 0 Å². The standard InChI is InChI=1S/C8H13ClO/c1-3-6(4-2)5-7-8(9)10-7/h3,6-8H,1,4-5H2,2H3. The summed E-state index contributed by atoms with van der Waals surface area (Å²) in [6, 6.07) is 0. The van der Waals surface area contributed by atoms with Crippen molar-refractivity contribution in [2.75, 3.05) is 0 Å². The van der Waals surface area contributed by atoms with Crippen LogP contribution >= 0.6 is 11.6 Å². The fourth-order valence-electron chi connectivity index (χ4n) is 1.01. The summed E-state index contributed by atoms with van der Waals surface area (Å²) >= 11 is 5.65. The molecule has 1 aliphatic heterocycles. The maximum absolute atomic E-state index is 5.65. The third kappa shape index (κ3) is 1.99. The van der Waals surface area contributed by atoms with Gasteiger partial charge in [0.25, 0.3) is 0 Å². The summed E-state index contributed by atoms with van der Waals surface area (Å²) < 4.78 is 5.07. The van der Waals surface area contributed by atoms with Gasteiger partial charge in [0.15, 0.2) is 5.56 Å². The second-order valence-electron chi connectivity index (χ2n) is 2.67. The number of rotatable bonds is 4. The topological polar surface area (TPSA) is 12.5 Å². The largest absolute Gasteiger partial charge is 0.352 e. The van der Waals surface area contributed by atoms with Crippen LogP contribution in [0.5, 0.6) is 0 Å². The van der Waals surface area contributed by atoms with Crippen LogP contribution in [0.1, 0.15) is 19.8 Å². The number of epoxide rings is 1. The lowest BCUT2D eigenvalue weighted by molar-refractivity contribution is 0.364. The van der Waals surface area contributed by atoms with E-state index in [4.69, 9.17) is 16.3 Å². The Hall–Kier alpha value is -0.0100. The van der Waals surface area contributed by atoms with E-state index in [2.05, 4.69) is 13.5 Å². The molecule has 0 aliphatic carbocycles. The van der Waals surface area contributed by atoms with Gasteiger partial charge in [-0.1, -0.05) is 24.6 Å². The highest BCUT2D eigenvalue weighted by atomic mass is 35.5. The van der Waals surface area contributed by atoms with Crippen LogP contribution in [0.25, 0.3) is 0 Å². The minimum absolute atomic E-state index is 0.0194. The molecule has 0 aromatic rings. The quantitative estimate of drug-likeness (QED) is 0.350. The second-order valence-corrected chi connectivity index (χ2v) is 3.10. The average Bonchev–Trinajstić information content (AvgIpc) is 2.62. The Labute approximate surface area is 67.0 Å². The molecular weight excluding hydrogens is 148 g/mol. The molecule has 3 unspecified atom stereocenters. The first-order valence-corrected chi connectivity index (χ1v) is 4.13. The van der Waals surface area contributed by atoms with Crippen molar-refractivity contribution in [2.45, 2.75) is 31.4 Å². The molecule has 1 fully saturated rings. The molecule has 3 atom stereocenters. The minimum atomic E-state index is -0.0194. The van der Waals surface area contributed by atoms with E-state index in [0.717, 1.165) is 12.8 Å². The van der Waals surface area contributed by atoms with Gasteiger partial charge in [0.1, 0.15) is 6.10 Å². The Morgan fingerprint density at radius 3 is 2.70 bits per heavy atom. The predicted molar refractivity (Wildman–Crippen MR) is 43.1 cm³/mol. The SMILES string of the molecule is C=CC(CC)CC1OC1Cl. The molecule has 1 rings (SSSR count). The molecule has 0 radical (unpaired) electrons. The summed E-state index contributed by atoms with van der Waals surface area (Å²) in [6.07, 6.45) is 4.44. The zero-order valence-corrected chi connectivity index (χ0v) is 6.97. The van der Waals surface area contributed by atoms with E-state index in [1.807, 2.05) is 6.08 Å². The summed E-state index contributed by atoms with van der Waals surface area (Å²) in [7, 11) is 0. The van der Waals surface area contributed by atoms with E-state index in [-0.39, 0.29) is 5.56 Å². The molecule has 0 bridgehead atoms. The number of halogens is 1. The molecule has 0 amide bonds. The monoisotopic (exact) mass is 160 g/mol. The van der Waals surface area contributed by atoms with Gasteiger partial charge in [0.2, 0.25) is 0 Å². The summed E-state index contributed by atoms with van der Waals surface area (Å²) in [5.74, 6) is 0.578. The number of allylic oxidation sites excluding steroid dienone is 1. The Morgan fingerprint density at radius 2 is 2.40 bits per heavy atom. The van der Waals surface area contributed by atoms with Crippen molar-refractivity contribution in [3.05, 3.63) is 12.7 Å². The number of hydrogen-bond acceptors (Lipinski definition) is 1. The van der Waals surface area contributed by atoms with Crippen molar-refractivity contribution in [2.24, 2.45) is 5.92 Å². The molecule has 2 heteroatoms. The number of ether oxygens (including phenoxy) is 1. The van der Waals surface area contributed by atoms with Gasteiger partial charge in [-0.3, -0.25) is 0 Å². The van der Waals surface area contributed by atoms with Crippen molar-refractivity contribution in [3.63, 3.8) is 0 Å². The molecule has 1 saturated heterocycles. The molecule has 0 N–H and O–H groups in total.